The number of nitrogens with one attached hydrogen (secondary N) is 1. The lowest BCUT2D eigenvalue weighted by molar-refractivity contribution is -0.125. The molecule has 1 fully saturated rings. The van der Waals surface area contributed by atoms with Crippen molar-refractivity contribution < 1.29 is 4.79 Å². The molecule has 3 rings (SSSR count). The summed E-state index contributed by atoms with van der Waals surface area (Å²) in [5, 5.41) is 3.91. The van der Waals surface area contributed by atoms with E-state index in [1.807, 2.05) is 30.3 Å². The van der Waals surface area contributed by atoms with E-state index in [0.29, 0.717) is 4.99 Å². The molecule has 0 saturated heterocycles. The van der Waals surface area contributed by atoms with E-state index in [0.717, 1.165) is 35.9 Å². The summed E-state index contributed by atoms with van der Waals surface area (Å²) in [5.41, 5.74) is 6.73. The molecule has 5 heteroatoms. The number of nitrogens with zero attached hydrogens (tertiary/aromatic N) is 1. The standard InChI is InChI=1S/C15H15N3OS/c16-13(20)15(6-2-7-15)14(19)18-11-4-5-12-10(9-11)3-1-8-17-12/h1,3-5,8-9H,2,6-7H2,(H2,16,20)(H,18,19). The fraction of sp³-hybridized carbons (Fsp3) is 0.267. The average molecular weight is 285 g/mol. The molecule has 1 aliphatic carbocycles. The minimum Gasteiger partial charge on any atom is -0.392 e. The Morgan fingerprint density at radius 2 is 2.15 bits per heavy atom. The van der Waals surface area contributed by atoms with Crippen LogP contribution in [0.1, 0.15) is 19.3 Å². The van der Waals surface area contributed by atoms with Gasteiger partial charge in [-0.25, -0.2) is 0 Å². The third kappa shape index (κ3) is 2.04. The molecule has 3 N–H and O–H groups in total. The van der Waals surface area contributed by atoms with Crippen LogP contribution in [-0.2, 0) is 4.79 Å². The van der Waals surface area contributed by atoms with E-state index in [4.69, 9.17) is 18.0 Å². The lowest BCUT2D eigenvalue weighted by atomic mass is 9.68. The van der Waals surface area contributed by atoms with E-state index in [2.05, 4.69) is 10.3 Å². The van der Waals surface area contributed by atoms with Crippen molar-refractivity contribution >= 4 is 39.7 Å². The zero-order valence-electron chi connectivity index (χ0n) is 10.9. The number of nitrogens with two attached hydrogens (primary N) is 1. The Morgan fingerprint density at radius 3 is 2.80 bits per heavy atom. The molecule has 0 unspecified atom stereocenters. The monoisotopic (exact) mass is 285 g/mol. The Morgan fingerprint density at radius 1 is 1.35 bits per heavy atom. The smallest absolute Gasteiger partial charge is 0.237 e. The van der Waals surface area contributed by atoms with E-state index in [9.17, 15) is 4.79 Å². The van der Waals surface area contributed by atoms with Crippen LogP contribution in [0.3, 0.4) is 0 Å². The molecule has 1 saturated carbocycles. The van der Waals surface area contributed by atoms with Crippen LogP contribution < -0.4 is 11.1 Å². The number of amides is 1. The van der Waals surface area contributed by atoms with Crippen molar-refractivity contribution in [1.82, 2.24) is 4.98 Å². The van der Waals surface area contributed by atoms with E-state index in [-0.39, 0.29) is 5.91 Å². The van der Waals surface area contributed by atoms with Crippen LogP contribution in [0.25, 0.3) is 10.9 Å². The number of anilines is 1. The molecule has 0 radical (unpaired) electrons. The van der Waals surface area contributed by atoms with Crippen LogP contribution in [0.4, 0.5) is 5.69 Å². The highest BCUT2D eigenvalue weighted by Crippen LogP contribution is 2.42. The summed E-state index contributed by atoms with van der Waals surface area (Å²) in [4.78, 5) is 16.9. The molecule has 102 valence electrons. The third-order valence-electron chi connectivity index (χ3n) is 3.97. The van der Waals surface area contributed by atoms with Crippen LogP contribution in [0.15, 0.2) is 36.5 Å². The van der Waals surface area contributed by atoms with Crippen LogP contribution in [0.2, 0.25) is 0 Å². The highest BCUT2D eigenvalue weighted by molar-refractivity contribution is 7.80. The Labute approximate surface area is 122 Å². The summed E-state index contributed by atoms with van der Waals surface area (Å²) in [6.07, 6.45) is 4.22. The summed E-state index contributed by atoms with van der Waals surface area (Å²) in [6, 6.07) is 9.48. The van der Waals surface area contributed by atoms with Gasteiger partial charge < -0.3 is 11.1 Å². The van der Waals surface area contributed by atoms with Crippen molar-refractivity contribution in [1.29, 1.82) is 0 Å². The van der Waals surface area contributed by atoms with Gasteiger partial charge in [0.1, 0.15) is 0 Å². The SMILES string of the molecule is NC(=S)C1(C(=O)Nc2ccc3ncccc3c2)CCC1. The summed E-state index contributed by atoms with van der Waals surface area (Å²) in [6.45, 7) is 0. The zero-order valence-corrected chi connectivity index (χ0v) is 11.7. The third-order valence-corrected chi connectivity index (χ3v) is 4.37. The van der Waals surface area contributed by atoms with Crippen LogP contribution in [0, 0.1) is 5.41 Å². The van der Waals surface area contributed by atoms with Gasteiger partial charge in [-0.3, -0.25) is 9.78 Å². The summed E-state index contributed by atoms with van der Waals surface area (Å²) < 4.78 is 0. The van der Waals surface area contributed by atoms with E-state index >= 15 is 0 Å². The van der Waals surface area contributed by atoms with Crippen molar-refractivity contribution in [2.24, 2.45) is 11.1 Å². The second-order valence-corrected chi connectivity index (χ2v) is 5.60. The second-order valence-electron chi connectivity index (χ2n) is 5.16. The Hall–Kier alpha value is -2.01. The number of hydrogen-bond acceptors (Lipinski definition) is 3. The second kappa shape index (κ2) is 4.83. The van der Waals surface area contributed by atoms with Crippen LogP contribution in [0.5, 0.6) is 0 Å². The maximum atomic E-state index is 12.4. The van der Waals surface area contributed by atoms with Crippen molar-refractivity contribution in [2.45, 2.75) is 19.3 Å². The lowest BCUT2D eigenvalue weighted by Gasteiger charge is -2.39. The van der Waals surface area contributed by atoms with Gasteiger partial charge in [-0.15, -0.1) is 0 Å². The normalized spacial score (nSPS) is 16.4. The van der Waals surface area contributed by atoms with Crippen molar-refractivity contribution in [3.63, 3.8) is 0 Å². The first-order valence-corrected chi connectivity index (χ1v) is 6.99. The number of benzene rings is 1. The number of rotatable bonds is 3. The number of hydrogen-bond donors (Lipinski definition) is 2. The lowest BCUT2D eigenvalue weighted by Crippen LogP contribution is -2.50. The Balaban J connectivity index is 1.86. The van der Waals surface area contributed by atoms with E-state index in [1.165, 1.54) is 0 Å². The first kappa shape index (κ1) is 13.0. The Kier molecular flexibility index (Phi) is 3.14. The summed E-state index contributed by atoms with van der Waals surface area (Å²) in [7, 11) is 0. The topological polar surface area (TPSA) is 68.0 Å². The predicted molar refractivity (Wildman–Crippen MR) is 83.4 cm³/mol. The maximum absolute atomic E-state index is 12.4. The van der Waals surface area contributed by atoms with Gasteiger partial charge in [0, 0.05) is 17.3 Å². The number of carbonyl (C=O) groups excluding carboxylic acids is 1. The molecule has 1 aromatic carbocycles. The number of aromatic nitrogens is 1. The van der Waals surface area contributed by atoms with Crippen LogP contribution >= 0.6 is 12.2 Å². The molecule has 1 heterocycles. The molecular formula is C15H15N3OS. The van der Waals surface area contributed by atoms with Gasteiger partial charge in [-0.05, 0) is 37.1 Å². The molecule has 0 atom stereocenters. The number of pyridine rings is 1. The quantitative estimate of drug-likeness (QED) is 0.851. The molecular weight excluding hydrogens is 270 g/mol. The Bertz CT molecular complexity index is 694. The molecule has 0 spiro atoms. The molecule has 1 aliphatic rings. The van der Waals surface area contributed by atoms with Gasteiger partial charge in [0.2, 0.25) is 5.91 Å². The van der Waals surface area contributed by atoms with E-state index < -0.39 is 5.41 Å². The number of fused-ring (bicyclic) bond motifs is 1. The highest BCUT2D eigenvalue weighted by Gasteiger charge is 2.46. The van der Waals surface area contributed by atoms with Crippen molar-refractivity contribution in [3.8, 4) is 0 Å². The maximum Gasteiger partial charge on any atom is 0.237 e. The van der Waals surface area contributed by atoms with Gasteiger partial charge in [-0.1, -0.05) is 24.7 Å². The average Bonchev–Trinajstić information content (AvgIpc) is 2.36. The summed E-state index contributed by atoms with van der Waals surface area (Å²) >= 11 is 5.06. The van der Waals surface area contributed by atoms with Crippen molar-refractivity contribution in [2.75, 3.05) is 5.32 Å². The zero-order chi connectivity index (χ0) is 14.2. The molecule has 0 bridgehead atoms. The minimum atomic E-state index is -0.654. The van der Waals surface area contributed by atoms with Gasteiger partial charge in [0.25, 0.3) is 0 Å². The first-order valence-electron chi connectivity index (χ1n) is 6.58. The summed E-state index contributed by atoms with van der Waals surface area (Å²) in [5.74, 6) is -0.0977. The van der Waals surface area contributed by atoms with Gasteiger partial charge in [0.15, 0.2) is 0 Å². The van der Waals surface area contributed by atoms with Gasteiger partial charge in [-0.2, -0.15) is 0 Å². The molecule has 0 aliphatic heterocycles. The highest BCUT2D eigenvalue weighted by atomic mass is 32.1. The van der Waals surface area contributed by atoms with Crippen molar-refractivity contribution in [3.05, 3.63) is 36.5 Å². The molecule has 1 amide bonds. The fourth-order valence-corrected chi connectivity index (χ4v) is 2.82. The first-order chi connectivity index (χ1) is 9.62. The predicted octanol–water partition coefficient (Wildman–Crippen LogP) is 2.63. The fourth-order valence-electron chi connectivity index (χ4n) is 2.52. The molecule has 1 aromatic heterocycles. The van der Waals surface area contributed by atoms with Gasteiger partial charge >= 0.3 is 0 Å². The van der Waals surface area contributed by atoms with Crippen LogP contribution in [-0.4, -0.2) is 15.9 Å². The molecule has 4 nitrogen and oxygen atoms in total. The number of carbonyl (C=O) groups is 1. The number of thiocarbonyl (C=S) groups is 1. The minimum absolute atomic E-state index is 0.0977. The molecule has 20 heavy (non-hydrogen) atoms. The largest absolute Gasteiger partial charge is 0.392 e. The van der Waals surface area contributed by atoms with Gasteiger partial charge in [0.05, 0.1) is 15.9 Å². The van der Waals surface area contributed by atoms with E-state index in [1.54, 1.807) is 6.20 Å². The molecule has 2 aromatic rings.